The number of thiazole rings is 1. The summed E-state index contributed by atoms with van der Waals surface area (Å²) in [5.74, 6) is -2.76. The van der Waals surface area contributed by atoms with Crippen LogP contribution >= 0.6 is 11.3 Å². The van der Waals surface area contributed by atoms with Crippen molar-refractivity contribution in [2.75, 3.05) is 13.1 Å². The van der Waals surface area contributed by atoms with Gasteiger partial charge in [-0.05, 0) is 25.0 Å². The number of carboxylic acids is 1. The number of halogens is 3. The first-order valence-corrected chi connectivity index (χ1v) is 10.9. The van der Waals surface area contributed by atoms with E-state index in [1.54, 1.807) is 15.6 Å². The van der Waals surface area contributed by atoms with Gasteiger partial charge < -0.3 is 10.8 Å². The number of nitrogens with two attached hydrogens (primary N) is 1. The quantitative estimate of drug-likeness (QED) is 0.714. The van der Waals surface area contributed by atoms with Gasteiger partial charge in [0.2, 0.25) is 0 Å². The molecule has 1 aromatic heterocycles. The van der Waals surface area contributed by atoms with Crippen LogP contribution in [0.2, 0.25) is 0 Å². The van der Waals surface area contributed by atoms with Crippen LogP contribution in [0, 0.1) is 0 Å². The van der Waals surface area contributed by atoms with Gasteiger partial charge in [-0.3, -0.25) is 0 Å². The van der Waals surface area contributed by atoms with Crippen molar-refractivity contribution < 1.29 is 31.5 Å². The summed E-state index contributed by atoms with van der Waals surface area (Å²) < 4.78 is 61.4. The van der Waals surface area contributed by atoms with E-state index in [4.69, 9.17) is 15.6 Å². The standard InChI is InChI=1S/C14H18N4O2S2.C2HF3O2/c15-10-7-17(8-10)22(19,20)18(11-5-6-11)9-14-16-12-3-1-2-4-13(12)21-14;3-2(4,5)1(6)7/h1-4,10-11H,5-9,15H2;(H,6,7). The number of nitrogens with zero attached hydrogens (tertiary/aromatic N) is 3. The van der Waals surface area contributed by atoms with Crippen LogP contribution in [0.15, 0.2) is 24.3 Å². The predicted molar refractivity (Wildman–Crippen MR) is 100 cm³/mol. The topological polar surface area (TPSA) is 117 Å². The molecule has 8 nitrogen and oxygen atoms in total. The van der Waals surface area contributed by atoms with Gasteiger partial charge in [0.25, 0.3) is 10.2 Å². The average Bonchev–Trinajstić information content (AvgIpc) is 3.35. The average molecular weight is 452 g/mol. The molecular formula is C16H19F3N4O4S2. The molecular weight excluding hydrogens is 433 g/mol. The molecule has 2 fully saturated rings. The van der Waals surface area contributed by atoms with Crippen molar-refractivity contribution in [2.24, 2.45) is 5.73 Å². The number of alkyl halides is 3. The van der Waals surface area contributed by atoms with Crippen LogP contribution in [0.3, 0.4) is 0 Å². The van der Waals surface area contributed by atoms with Crippen LogP contribution < -0.4 is 5.73 Å². The summed E-state index contributed by atoms with van der Waals surface area (Å²) >= 11 is 1.56. The minimum absolute atomic E-state index is 0.0294. The van der Waals surface area contributed by atoms with Gasteiger partial charge in [-0.25, -0.2) is 9.78 Å². The van der Waals surface area contributed by atoms with E-state index in [-0.39, 0.29) is 12.1 Å². The second-order valence-corrected chi connectivity index (χ2v) is 9.74. The van der Waals surface area contributed by atoms with Gasteiger partial charge in [0.1, 0.15) is 5.01 Å². The van der Waals surface area contributed by atoms with Crippen molar-refractivity contribution in [3.05, 3.63) is 29.3 Å². The molecule has 1 aliphatic heterocycles. The number of hydrogen-bond donors (Lipinski definition) is 2. The first-order chi connectivity index (χ1) is 13.5. The van der Waals surface area contributed by atoms with Crippen molar-refractivity contribution in [2.45, 2.75) is 37.6 Å². The zero-order valence-corrected chi connectivity index (χ0v) is 16.7. The van der Waals surface area contributed by atoms with E-state index < -0.39 is 22.4 Å². The van der Waals surface area contributed by atoms with Gasteiger partial charge >= 0.3 is 12.1 Å². The molecule has 29 heavy (non-hydrogen) atoms. The van der Waals surface area contributed by atoms with Crippen molar-refractivity contribution >= 4 is 37.7 Å². The number of benzene rings is 1. The summed E-state index contributed by atoms with van der Waals surface area (Å²) in [6.07, 6.45) is -3.21. The van der Waals surface area contributed by atoms with E-state index >= 15 is 0 Å². The predicted octanol–water partition coefficient (Wildman–Crippen LogP) is 1.78. The smallest absolute Gasteiger partial charge is 0.475 e. The summed E-state index contributed by atoms with van der Waals surface area (Å²) in [4.78, 5) is 13.5. The normalized spacial score (nSPS) is 18.4. The minimum atomic E-state index is -5.08. The number of fused-ring (bicyclic) bond motifs is 1. The van der Waals surface area contributed by atoms with Crippen LogP contribution in [-0.2, 0) is 21.5 Å². The molecule has 1 saturated carbocycles. The zero-order valence-electron chi connectivity index (χ0n) is 15.0. The summed E-state index contributed by atoms with van der Waals surface area (Å²) in [5.41, 5.74) is 6.66. The largest absolute Gasteiger partial charge is 0.490 e. The molecule has 2 heterocycles. The van der Waals surface area contributed by atoms with Crippen LogP contribution in [0.25, 0.3) is 10.2 Å². The van der Waals surface area contributed by atoms with Crippen LogP contribution in [0.4, 0.5) is 13.2 Å². The van der Waals surface area contributed by atoms with Crippen LogP contribution in [0.1, 0.15) is 17.8 Å². The molecule has 4 rings (SSSR count). The lowest BCUT2D eigenvalue weighted by atomic mass is 10.2. The van der Waals surface area contributed by atoms with Crippen LogP contribution in [0.5, 0.6) is 0 Å². The highest BCUT2D eigenvalue weighted by Gasteiger charge is 2.44. The Balaban J connectivity index is 0.000000298. The lowest BCUT2D eigenvalue weighted by molar-refractivity contribution is -0.192. The highest BCUT2D eigenvalue weighted by Crippen LogP contribution is 2.34. The van der Waals surface area contributed by atoms with Gasteiger partial charge in [0, 0.05) is 25.2 Å². The van der Waals surface area contributed by atoms with E-state index in [0.29, 0.717) is 19.6 Å². The maximum absolute atomic E-state index is 12.7. The summed E-state index contributed by atoms with van der Waals surface area (Å²) in [7, 11) is -3.42. The molecule has 160 valence electrons. The highest BCUT2D eigenvalue weighted by molar-refractivity contribution is 7.86. The van der Waals surface area contributed by atoms with Gasteiger partial charge in [-0.2, -0.15) is 30.2 Å². The Labute approximate surface area is 168 Å². The van der Waals surface area contributed by atoms with Crippen molar-refractivity contribution in [1.82, 2.24) is 13.6 Å². The third-order valence-electron chi connectivity index (χ3n) is 4.32. The maximum atomic E-state index is 12.7. The second-order valence-electron chi connectivity index (χ2n) is 6.74. The van der Waals surface area contributed by atoms with Crippen LogP contribution in [-0.4, -0.2) is 64.4 Å². The first kappa shape index (κ1) is 21.9. The molecule has 1 aliphatic carbocycles. The molecule has 0 bridgehead atoms. The van der Waals surface area contributed by atoms with E-state index in [9.17, 15) is 21.6 Å². The van der Waals surface area contributed by atoms with E-state index in [2.05, 4.69) is 4.98 Å². The third-order valence-corrected chi connectivity index (χ3v) is 7.32. The molecule has 2 aromatic rings. The van der Waals surface area contributed by atoms with Crippen molar-refractivity contribution in [1.29, 1.82) is 0 Å². The number of carboxylic acid groups (broad SMARTS) is 1. The molecule has 13 heteroatoms. The fraction of sp³-hybridized carbons (Fsp3) is 0.500. The van der Waals surface area contributed by atoms with E-state index in [0.717, 1.165) is 28.1 Å². The lowest BCUT2D eigenvalue weighted by Crippen LogP contribution is -2.61. The Kier molecular flexibility index (Phi) is 6.15. The zero-order chi connectivity index (χ0) is 21.4. The number of carbonyl (C=O) groups is 1. The Hall–Kier alpha value is -1.80. The highest BCUT2D eigenvalue weighted by atomic mass is 32.2. The van der Waals surface area contributed by atoms with Crippen molar-refractivity contribution in [3.8, 4) is 0 Å². The summed E-state index contributed by atoms with van der Waals surface area (Å²) in [6.45, 7) is 1.20. The fourth-order valence-corrected chi connectivity index (χ4v) is 5.67. The Morgan fingerprint density at radius 2 is 1.90 bits per heavy atom. The molecule has 0 spiro atoms. The number of hydrogen-bond acceptors (Lipinski definition) is 6. The van der Waals surface area contributed by atoms with Gasteiger partial charge in [0.05, 0.1) is 16.8 Å². The number of rotatable bonds is 5. The SMILES string of the molecule is NC1CN(S(=O)(=O)N(Cc2nc3ccccc3s2)C2CC2)C1.O=C(O)C(F)(F)F. The Morgan fingerprint density at radius 3 is 2.38 bits per heavy atom. The summed E-state index contributed by atoms with van der Waals surface area (Å²) in [6, 6.07) is 7.98. The Morgan fingerprint density at radius 1 is 1.31 bits per heavy atom. The molecule has 0 amide bonds. The minimum Gasteiger partial charge on any atom is -0.475 e. The van der Waals surface area contributed by atoms with Crippen molar-refractivity contribution in [3.63, 3.8) is 0 Å². The van der Waals surface area contributed by atoms with Gasteiger partial charge in [0.15, 0.2) is 0 Å². The number of aliphatic carboxylic acids is 1. The van der Waals surface area contributed by atoms with Gasteiger partial charge in [-0.15, -0.1) is 11.3 Å². The van der Waals surface area contributed by atoms with Gasteiger partial charge in [-0.1, -0.05) is 12.1 Å². The maximum Gasteiger partial charge on any atom is 0.490 e. The molecule has 1 saturated heterocycles. The lowest BCUT2D eigenvalue weighted by Gasteiger charge is -2.38. The fourth-order valence-electron chi connectivity index (χ4n) is 2.69. The second kappa shape index (κ2) is 8.14. The molecule has 2 aliphatic rings. The number of para-hydroxylation sites is 1. The van der Waals surface area contributed by atoms with E-state index in [1.807, 2.05) is 24.3 Å². The molecule has 1 aromatic carbocycles. The molecule has 3 N–H and O–H groups in total. The third kappa shape index (κ3) is 5.22. The van der Waals surface area contributed by atoms with E-state index in [1.165, 1.54) is 4.31 Å². The Bertz CT molecular complexity index is 952. The number of aromatic nitrogens is 1. The molecule has 0 radical (unpaired) electrons. The first-order valence-electron chi connectivity index (χ1n) is 8.65. The molecule has 0 unspecified atom stereocenters. The monoisotopic (exact) mass is 452 g/mol. The summed E-state index contributed by atoms with van der Waals surface area (Å²) in [5, 5.41) is 7.97. The molecule has 0 atom stereocenters.